The van der Waals surface area contributed by atoms with Crippen molar-refractivity contribution < 1.29 is 32.4 Å². The number of amides is 2. The van der Waals surface area contributed by atoms with Crippen LogP contribution < -0.4 is 10.8 Å². The van der Waals surface area contributed by atoms with E-state index in [1.807, 2.05) is 0 Å². The highest BCUT2D eigenvalue weighted by Gasteiger charge is 2.40. The summed E-state index contributed by atoms with van der Waals surface area (Å²) in [4.78, 5) is 41.3. The van der Waals surface area contributed by atoms with Gasteiger partial charge in [-0.15, -0.1) is 0 Å². The summed E-state index contributed by atoms with van der Waals surface area (Å²) in [6, 6.07) is 4.70. The lowest BCUT2D eigenvalue weighted by Crippen LogP contribution is -2.47. The number of fused-ring (bicyclic) bond motifs is 1. The molecule has 0 spiro atoms. The van der Waals surface area contributed by atoms with Crippen molar-refractivity contribution in [2.24, 2.45) is 0 Å². The average molecular weight is 542 g/mol. The molecule has 0 saturated carbocycles. The number of hydrogen-bond acceptors (Lipinski definition) is 6. The monoisotopic (exact) mass is 541 g/mol. The predicted molar refractivity (Wildman–Crippen MR) is 127 cm³/mol. The average Bonchev–Trinajstić information content (AvgIpc) is 3.41. The zero-order valence-electron chi connectivity index (χ0n) is 19.1. The molecule has 1 aromatic carbocycles. The molecule has 14 heteroatoms. The van der Waals surface area contributed by atoms with Crippen LogP contribution in [0.25, 0.3) is 10.9 Å². The van der Waals surface area contributed by atoms with Gasteiger partial charge in [-0.3, -0.25) is 23.8 Å². The van der Waals surface area contributed by atoms with Gasteiger partial charge in [0.1, 0.15) is 24.6 Å². The highest BCUT2D eigenvalue weighted by atomic mass is 35.5. The van der Waals surface area contributed by atoms with E-state index in [9.17, 15) is 27.8 Å². The number of halogens is 3. The number of carbonyl (C=O) groups excluding carboxylic acids is 2. The van der Waals surface area contributed by atoms with Gasteiger partial charge in [0, 0.05) is 30.1 Å². The van der Waals surface area contributed by atoms with Crippen LogP contribution in [0.3, 0.4) is 0 Å². The quantitative estimate of drug-likeness (QED) is 0.419. The van der Waals surface area contributed by atoms with Gasteiger partial charge in [0.25, 0.3) is 0 Å². The van der Waals surface area contributed by atoms with Crippen LogP contribution in [-0.4, -0.2) is 61.7 Å². The third kappa shape index (κ3) is 5.27. The number of nitrogens with one attached hydrogen (secondary N) is 1. The Labute approximate surface area is 209 Å². The Morgan fingerprint density at radius 2 is 2.14 bits per heavy atom. The van der Waals surface area contributed by atoms with Gasteiger partial charge in [-0.2, -0.15) is 5.10 Å². The molecule has 1 fully saturated rings. The van der Waals surface area contributed by atoms with Crippen molar-refractivity contribution in [3.63, 3.8) is 0 Å². The van der Waals surface area contributed by atoms with Gasteiger partial charge in [0.2, 0.25) is 11.8 Å². The van der Waals surface area contributed by atoms with Crippen molar-refractivity contribution in [3.8, 4) is 0 Å². The van der Waals surface area contributed by atoms with Crippen LogP contribution >= 0.6 is 19.2 Å². The van der Waals surface area contributed by atoms with Crippen LogP contribution in [0, 0.1) is 5.82 Å². The Balaban J connectivity index is 1.53. The van der Waals surface area contributed by atoms with E-state index in [-0.39, 0.29) is 47.5 Å². The van der Waals surface area contributed by atoms with Gasteiger partial charge in [0.05, 0.1) is 29.9 Å². The molecule has 3 heterocycles. The van der Waals surface area contributed by atoms with E-state index in [1.54, 1.807) is 6.92 Å². The fraction of sp³-hybridized carbons (Fsp3) is 0.364. The summed E-state index contributed by atoms with van der Waals surface area (Å²) in [5, 5.41) is 6.83. The molecule has 36 heavy (non-hydrogen) atoms. The van der Waals surface area contributed by atoms with E-state index in [4.69, 9.17) is 16.1 Å². The van der Waals surface area contributed by atoms with E-state index >= 15 is 0 Å². The molecule has 1 aliphatic heterocycles. The number of alkyl halides is 1. The summed E-state index contributed by atoms with van der Waals surface area (Å²) in [5.74, 6) is -1.95. The molecule has 3 aromatic rings. The Morgan fingerprint density at radius 3 is 2.89 bits per heavy atom. The zero-order valence-corrected chi connectivity index (χ0v) is 20.8. The minimum absolute atomic E-state index is 0.0340. The first-order valence-electron chi connectivity index (χ1n) is 11.0. The summed E-state index contributed by atoms with van der Waals surface area (Å²) in [6.45, 7) is 0.578. The van der Waals surface area contributed by atoms with Crippen LogP contribution in [0.4, 0.5) is 8.78 Å². The Kier molecular flexibility index (Phi) is 7.70. The number of aromatic nitrogens is 3. The second-order valence-electron chi connectivity index (χ2n) is 8.14. The number of rotatable bonds is 8. The Bertz CT molecular complexity index is 1360. The largest absolute Gasteiger partial charge is 0.379 e. The van der Waals surface area contributed by atoms with Gasteiger partial charge >= 0.3 is 7.60 Å². The molecule has 3 atom stereocenters. The number of pyridine rings is 1. The lowest BCUT2D eigenvalue weighted by molar-refractivity contribution is -0.139. The van der Waals surface area contributed by atoms with Crippen molar-refractivity contribution in [2.75, 3.05) is 13.2 Å². The van der Waals surface area contributed by atoms with E-state index in [0.717, 1.165) is 4.90 Å². The summed E-state index contributed by atoms with van der Waals surface area (Å²) in [7, 11) is -4.27. The zero-order chi connectivity index (χ0) is 26.0. The van der Waals surface area contributed by atoms with Gasteiger partial charge < -0.3 is 19.6 Å². The smallest absolute Gasteiger partial charge is 0.350 e. The summed E-state index contributed by atoms with van der Waals surface area (Å²) >= 11 is 5.76. The van der Waals surface area contributed by atoms with Gasteiger partial charge in [0.15, 0.2) is 5.44 Å². The van der Waals surface area contributed by atoms with Gasteiger partial charge in [-0.1, -0.05) is 23.7 Å². The summed E-state index contributed by atoms with van der Waals surface area (Å²) in [6.07, 6.45) is 1.12. The van der Waals surface area contributed by atoms with Crippen LogP contribution in [0.1, 0.15) is 18.9 Å². The van der Waals surface area contributed by atoms with E-state index in [2.05, 4.69) is 15.4 Å². The summed E-state index contributed by atoms with van der Waals surface area (Å²) in [5.41, 5.74) is 0.203. The minimum Gasteiger partial charge on any atom is -0.350 e. The maximum Gasteiger partial charge on any atom is 0.379 e. The molecular formula is C22H23ClF2N5O5P. The van der Waals surface area contributed by atoms with Crippen molar-refractivity contribution >= 4 is 47.3 Å². The van der Waals surface area contributed by atoms with E-state index in [0.29, 0.717) is 5.52 Å². The molecule has 2 N–H and O–H groups in total. The topological polar surface area (TPSA) is 127 Å². The SMILES string of the molecule is CCOP(=O)(O)c1nn(CC(=O)N2C[C@H](F)C[C@H]2C(=O)NCc2cccc(Cl)c2F)c2cnccc12. The molecule has 2 amide bonds. The maximum absolute atomic E-state index is 14.3. The normalized spacial score (nSPS) is 19.4. The molecule has 1 saturated heterocycles. The van der Waals surface area contributed by atoms with Crippen molar-refractivity contribution in [2.45, 2.75) is 38.6 Å². The fourth-order valence-corrected chi connectivity index (χ4v) is 5.46. The maximum atomic E-state index is 14.3. The Hall–Kier alpha value is -2.92. The second-order valence-corrected chi connectivity index (χ2v) is 10.3. The lowest BCUT2D eigenvalue weighted by atomic mass is 10.1. The second kappa shape index (κ2) is 10.6. The standard InChI is InChI=1S/C22H23ClF2N5O5P/c1-2-35-36(33,34)22-15-6-7-26-10-18(15)30(28-22)12-19(31)29-11-14(24)8-17(29)21(32)27-9-13-4-3-5-16(23)20(13)25/h3-7,10,14,17H,2,8-9,11-12H2,1H3,(H,27,32)(H,33,34)/t14-,17+/m1/s1. The van der Waals surface area contributed by atoms with E-state index < -0.39 is 44.0 Å². The van der Waals surface area contributed by atoms with Crippen LogP contribution in [0.2, 0.25) is 5.02 Å². The molecule has 0 bridgehead atoms. The first-order valence-corrected chi connectivity index (χ1v) is 13.0. The number of hydrogen-bond donors (Lipinski definition) is 2. The van der Waals surface area contributed by atoms with Crippen LogP contribution in [0.15, 0.2) is 36.7 Å². The van der Waals surface area contributed by atoms with Gasteiger partial charge in [-0.25, -0.2) is 8.78 Å². The highest BCUT2D eigenvalue weighted by molar-refractivity contribution is 7.61. The molecule has 1 aliphatic rings. The fourth-order valence-electron chi connectivity index (χ4n) is 4.08. The minimum atomic E-state index is -4.27. The molecule has 192 valence electrons. The molecule has 0 radical (unpaired) electrons. The van der Waals surface area contributed by atoms with Crippen LogP contribution in [-0.2, 0) is 31.8 Å². The number of likely N-dealkylation sites (tertiary alicyclic amines) is 1. The van der Waals surface area contributed by atoms with Crippen LogP contribution in [0.5, 0.6) is 0 Å². The number of nitrogens with zero attached hydrogens (tertiary/aromatic N) is 4. The molecule has 1 unspecified atom stereocenters. The molecule has 2 aromatic heterocycles. The van der Waals surface area contributed by atoms with Crippen molar-refractivity contribution in [3.05, 3.63) is 53.1 Å². The number of benzene rings is 1. The van der Waals surface area contributed by atoms with Crippen molar-refractivity contribution in [1.29, 1.82) is 0 Å². The molecule has 10 nitrogen and oxygen atoms in total. The predicted octanol–water partition coefficient (Wildman–Crippen LogP) is 2.33. The van der Waals surface area contributed by atoms with Gasteiger partial charge in [-0.05, 0) is 19.1 Å². The molecule has 0 aliphatic carbocycles. The Morgan fingerprint density at radius 1 is 1.36 bits per heavy atom. The molecule has 4 rings (SSSR count). The first-order chi connectivity index (χ1) is 17.1. The number of carbonyl (C=O) groups is 2. The molecular weight excluding hydrogens is 519 g/mol. The van der Waals surface area contributed by atoms with E-state index in [1.165, 1.54) is 41.3 Å². The lowest BCUT2D eigenvalue weighted by Gasteiger charge is -2.23. The third-order valence-corrected chi connectivity index (χ3v) is 7.51. The van der Waals surface area contributed by atoms with Crippen molar-refractivity contribution in [1.82, 2.24) is 25.0 Å². The third-order valence-electron chi connectivity index (χ3n) is 5.75. The first kappa shape index (κ1) is 26.2. The summed E-state index contributed by atoms with van der Waals surface area (Å²) < 4.78 is 47.2. The highest BCUT2D eigenvalue weighted by Crippen LogP contribution is 2.42.